The van der Waals surface area contributed by atoms with Gasteiger partial charge in [0.05, 0.1) is 11.4 Å². The van der Waals surface area contributed by atoms with Crippen LogP contribution in [0.25, 0.3) is 10.8 Å². The number of nitrogens with zero attached hydrogens (tertiary/aromatic N) is 1. The fourth-order valence-electron chi connectivity index (χ4n) is 5.16. The van der Waals surface area contributed by atoms with E-state index in [1.165, 1.54) is 21.9 Å². The monoisotopic (exact) mass is 414 g/mol. The highest BCUT2D eigenvalue weighted by Gasteiger charge is 2.31. The van der Waals surface area contributed by atoms with Gasteiger partial charge in [0.15, 0.2) is 0 Å². The zero-order valence-corrected chi connectivity index (χ0v) is 18.0. The molecule has 4 N–H and O–H groups in total. The maximum Gasteiger partial charge on any atom is 0.239 e. The second-order valence-electron chi connectivity index (χ2n) is 8.85. The number of hydrogen-bond donors (Lipinski definition) is 3. The highest BCUT2D eigenvalue weighted by Crippen LogP contribution is 2.41. The first-order valence-electron chi connectivity index (χ1n) is 11.3. The van der Waals surface area contributed by atoms with Crippen molar-refractivity contribution in [3.8, 4) is 0 Å². The van der Waals surface area contributed by atoms with Crippen LogP contribution in [0.1, 0.15) is 36.9 Å². The predicted molar refractivity (Wildman–Crippen MR) is 127 cm³/mol. The highest BCUT2D eigenvalue weighted by atomic mass is 16.1. The summed E-state index contributed by atoms with van der Waals surface area (Å²) in [6.07, 6.45) is 3.32. The van der Waals surface area contributed by atoms with Crippen LogP contribution < -0.4 is 16.4 Å². The zero-order chi connectivity index (χ0) is 21.4. The van der Waals surface area contributed by atoms with Crippen molar-refractivity contribution < 1.29 is 4.79 Å². The van der Waals surface area contributed by atoms with Crippen molar-refractivity contribution in [3.05, 3.63) is 71.8 Å². The molecule has 2 unspecified atom stereocenters. The Morgan fingerprint density at radius 1 is 1.00 bits per heavy atom. The first-order valence-corrected chi connectivity index (χ1v) is 11.3. The maximum atomic E-state index is 11.5. The molecule has 3 aromatic carbocycles. The van der Waals surface area contributed by atoms with Gasteiger partial charge in [-0.1, -0.05) is 48.5 Å². The smallest absolute Gasteiger partial charge is 0.239 e. The van der Waals surface area contributed by atoms with Crippen LogP contribution in [-0.2, 0) is 11.2 Å². The zero-order valence-electron chi connectivity index (χ0n) is 18.0. The second-order valence-corrected chi connectivity index (χ2v) is 8.85. The summed E-state index contributed by atoms with van der Waals surface area (Å²) in [5, 5.41) is 9.76. The van der Waals surface area contributed by atoms with Crippen LogP contribution in [0.15, 0.2) is 60.7 Å². The van der Waals surface area contributed by atoms with E-state index >= 15 is 0 Å². The number of carbonyl (C=O) groups is 1. The molecule has 5 heteroatoms. The molecular weight excluding hydrogens is 384 g/mol. The van der Waals surface area contributed by atoms with Crippen LogP contribution in [0, 0.1) is 0 Å². The third-order valence-electron chi connectivity index (χ3n) is 6.85. The highest BCUT2D eigenvalue weighted by molar-refractivity contribution is 5.91. The first kappa shape index (κ1) is 19.9. The lowest BCUT2D eigenvalue weighted by Crippen LogP contribution is -2.41. The molecule has 3 aromatic rings. The van der Waals surface area contributed by atoms with E-state index in [0.717, 1.165) is 43.7 Å². The van der Waals surface area contributed by atoms with Gasteiger partial charge >= 0.3 is 0 Å². The molecule has 2 aliphatic rings. The van der Waals surface area contributed by atoms with E-state index in [9.17, 15) is 4.79 Å². The Morgan fingerprint density at radius 3 is 2.45 bits per heavy atom. The van der Waals surface area contributed by atoms with E-state index in [2.05, 4.69) is 58.0 Å². The molecule has 0 bridgehead atoms. The van der Waals surface area contributed by atoms with Crippen molar-refractivity contribution in [1.82, 2.24) is 4.90 Å². The third kappa shape index (κ3) is 3.86. The number of rotatable bonds is 6. The second kappa shape index (κ2) is 8.23. The number of amides is 1. The lowest BCUT2D eigenvalue weighted by Gasteiger charge is -2.37. The van der Waals surface area contributed by atoms with Crippen molar-refractivity contribution in [1.29, 1.82) is 0 Å². The molecule has 5 nitrogen and oxygen atoms in total. The molecule has 0 saturated carbocycles. The van der Waals surface area contributed by atoms with E-state index in [-0.39, 0.29) is 5.91 Å². The quantitative estimate of drug-likeness (QED) is 0.562. The SMILES string of the molecule is CC(Nc1ccccc1NC1CCN(C2Cc3cccc4cccc2c34)CC1)C(N)=O. The van der Waals surface area contributed by atoms with Crippen molar-refractivity contribution in [2.24, 2.45) is 5.73 Å². The molecule has 5 rings (SSSR count). The molecule has 1 fully saturated rings. The minimum atomic E-state index is -0.406. The normalized spacial score (nSPS) is 20.0. The van der Waals surface area contributed by atoms with Gasteiger partial charge in [-0.2, -0.15) is 0 Å². The van der Waals surface area contributed by atoms with Crippen LogP contribution >= 0.6 is 0 Å². The number of likely N-dealkylation sites (tertiary alicyclic amines) is 1. The van der Waals surface area contributed by atoms with Gasteiger partial charge in [-0.25, -0.2) is 0 Å². The van der Waals surface area contributed by atoms with E-state index in [1.54, 1.807) is 6.92 Å². The number of carbonyl (C=O) groups excluding carboxylic acids is 1. The van der Waals surface area contributed by atoms with Gasteiger partial charge in [-0.3, -0.25) is 9.69 Å². The molecule has 1 aliphatic heterocycles. The summed E-state index contributed by atoms with van der Waals surface area (Å²) >= 11 is 0. The summed E-state index contributed by atoms with van der Waals surface area (Å²) in [5.74, 6) is -0.351. The van der Waals surface area contributed by atoms with Gasteiger partial charge in [0.2, 0.25) is 5.91 Å². The molecule has 160 valence electrons. The molecule has 1 aliphatic carbocycles. The van der Waals surface area contributed by atoms with E-state index in [0.29, 0.717) is 12.1 Å². The lowest BCUT2D eigenvalue weighted by molar-refractivity contribution is -0.118. The molecule has 0 radical (unpaired) electrons. The minimum Gasteiger partial charge on any atom is -0.381 e. The van der Waals surface area contributed by atoms with Gasteiger partial charge in [0, 0.05) is 25.2 Å². The first-order chi connectivity index (χ1) is 15.1. The largest absolute Gasteiger partial charge is 0.381 e. The van der Waals surface area contributed by atoms with E-state index in [1.807, 2.05) is 18.2 Å². The number of hydrogen-bond acceptors (Lipinski definition) is 4. The molecule has 1 amide bonds. The summed E-state index contributed by atoms with van der Waals surface area (Å²) in [6, 6.07) is 22.0. The fraction of sp³-hybridized carbons (Fsp3) is 0.346. The molecule has 0 spiro atoms. The van der Waals surface area contributed by atoms with Crippen molar-refractivity contribution in [2.45, 2.75) is 44.3 Å². The number of benzene rings is 3. The van der Waals surface area contributed by atoms with Crippen molar-refractivity contribution >= 4 is 28.1 Å². The lowest BCUT2D eigenvalue weighted by atomic mass is 9.99. The Kier molecular flexibility index (Phi) is 5.28. The summed E-state index contributed by atoms with van der Waals surface area (Å²) in [5.41, 5.74) is 10.4. The Balaban J connectivity index is 1.25. The number of nitrogens with two attached hydrogens (primary N) is 1. The Hall–Kier alpha value is -3.05. The van der Waals surface area contributed by atoms with Crippen molar-refractivity contribution in [3.63, 3.8) is 0 Å². The minimum absolute atomic E-state index is 0.351. The molecule has 1 saturated heterocycles. The topological polar surface area (TPSA) is 70.4 Å². The standard InChI is InChI=1S/C26H30N4O/c1-17(26(27)31)28-22-10-2-3-11-23(22)29-20-12-14-30(15-13-20)24-16-19-8-4-6-18-7-5-9-21(24)25(18)19/h2-11,17,20,24,28-29H,12-16H2,1H3,(H2,27,31). The van der Waals surface area contributed by atoms with Crippen LogP contribution in [0.2, 0.25) is 0 Å². The number of nitrogens with one attached hydrogen (secondary N) is 2. The van der Waals surface area contributed by atoms with E-state index < -0.39 is 6.04 Å². The average Bonchev–Trinajstić information content (AvgIpc) is 3.16. The number of piperidine rings is 1. The Bertz CT molecular complexity index is 1100. The van der Waals surface area contributed by atoms with Crippen LogP contribution in [0.5, 0.6) is 0 Å². The van der Waals surface area contributed by atoms with Crippen LogP contribution in [0.3, 0.4) is 0 Å². The fourth-order valence-corrected chi connectivity index (χ4v) is 5.16. The number of primary amides is 1. The van der Waals surface area contributed by atoms with Gasteiger partial charge in [0.25, 0.3) is 0 Å². The Morgan fingerprint density at radius 2 is 1.71 bits per heavy atom. The summed E-state index contributed by atoms with van der Waals surface area (Å²) in [6.45, 7) is 3.96. The Labute approximate surface area is 183 Å². The summed E-state index contributed by atoms with van der Waals surface area (Å²) < 4.78 is 0. The predicted octanol–water partition coefficient (Wildman–Crippen LogP) is 4.30. The van der Waals surface area contributed by atoms with Gasteiger partial charge in [-0.15, -0.1) is 0 Å². The number of anilines is 2. The molecule has 0 aromatic heterocycles. The summed E-state index contributed by atoms with van der Waals surface area (Å²) in [4.78, 5) is 14.1. The van der Waals surface area contributed by atoms with Gasteiger partial charge in [0.1, 0.15) is 6.04 Å². The van der Waals surface area contributed by atoms with Crippen LogP contribution in [0.4, 0.5) is 11.4 Å². The molecular formula is C26H30N4O. The van der Waals surface area contributed by atoms with Gasteiger partial charge < -0.3 is 16.4 Å². The number of para-hydroxylation sites is 2. The molecule has 31 heavy (non-hydrogen) atoms. The van der Waals surface area contributed by atoms with E-state index in [4.69, 9.17) is 5.73 Å². The third-order valence-corrected chi connectivity index (χ3v) is 6.85. The van der Waals surface area contributed by atoms with Gasteiger partial charge in [-0.05, 0) is 60.2 Å². The van der Waals surface area contributed by atoms with Crippen LogP contribution in [-0.4, -0.2) is 36.0 Å². The van der Waals surface area contributed by atoms with Crippen molar-refractivity contribution in [2.75, 3.05) is 23.7 Å². The molecule has 1 heterocycles. The average molecular weight is 415 g/mol. The molecule has 2 atom stereocenters. The maximum absolute atomic E-state index is 11.5. The summed E-state index contributed by atoms with van der Waals surface area (Å²) in [7, 11) is 0.